The number of pyridine rings is 1. The predicted molar refractivity (Wildman–Crippen MR) is 60.9 cm³/mol. The average molecular weight is 220 g/mol. The summed E-state index contributed by atoms with van der Waals surface area (Å²) in [4.78, 5) is 27.8. The van der Waals surface area contributed by atoms with Gasteiger partial charge in [0, 0.05) is 26.0 Å². The van der Waals surface area contributed by atoms with Crippen molar-refractivity contribution in [3.8, 4) is 0 Å². The van der Waals surface area contributed by atoms with E-state index in [4.69, 9.17) is 0 Å². The predicted octanol–water partition coefficient (Wildman–Crippen LogP) is 1.06. The second-order valence-electron chi connectivity index (χ2n) is 3.81. The van der Waals surface area contributed by atoms with Gasteiger partial charge >= 0.3 is 0 Å². The molecule has 0 saturated heterocycles. The number of nitrogens with zero attached hydrogens (tertiary/aromatic N) is 2. The van der Waals surface area contributed by atoms with E-state index in [2.05, 4.69) is 4.98 Å². The second-order valence-corrected chi connectivity index (χ2v) is 3.81. The molecule has 1 amide bonds. The molecule has 1 aromatic heterocycles. The van der Waals surface area contributed by atoms with Gasteiger partial charge in [-0.1, -0.05) is 6.07 Å². The highest BCUT2D eigenvalue weighted by atomic mass is 16.2. The zero-order chi connectivity index (χ0) is 12.0. The highest BCUT2D eigenvalue weighted by Crippen LogP contribution is 2.00. The Labute approximate surface area is 95.3 Å². The lowest BCUT2D eigenvalue weighted by molar-refractivity contribution is -0.133. The molecule has 4 nitrogen and oxygen atoms in total. The first-order valence-corrected chi connectivity index (χ1v) is 5.22. The van der Waals surface area contributed by atoms with Gasteiger partial charge in [0.25, 0.3) is 0 Å². The molecule has 0 aliphatic carbocycles. The fraction of sp³-hybridized carbons (Fsp3) is 0.417. The quantitative estimate of drug-likeness (QED) is 0.697. The second kappa shape index (κ2) is 6.00. The maximum Gasteiger partial charge on any atom is 0.229 e. The number of aromatic nitrogens is 1. The zero-order valence-corrected chi connectivity index (χ0v) is 9.64. The van der Waals surface area contributed by atoms with Gasteiger partial charge in [0.1, 0.15) is 5.78 Å². The van der Waals surface area contributed by atoms with Gasteiger partial charge in [0.2, 0.25) is 5.91 Å². The Morgan fingerprint density at radius 1 is 1.44 bits per heavy atom. The first-order valence-electron chi connectivity index (χ1n) is 5.22. The molecule has 16 heavy (non-hydrogen) atoms. The zero-order valence-electron chi connectivity index (χ0n) is 9.64. The Morgan fingerprint density at radius 2 is 2.19 bits per heavy atom. The third-order valence-electron chi connectivity index (χ3n) is 2.28. The van der Waals surface area contributed by atoms with E-state index < -0.39 is 0 Å². The molecule has 0 aliphatic rings. The Kier molecular flexibility index (Phi) is 4.64. The first kappa shape index (κ1) is 12.4. The van der Waals surface area contributed by atoms with Crippen LogP contribution in [0, 0.1) is 0 Å². The lowest BCUT2D eigenvalue weighted by Gasteiger charge is -2.16. The summed E-state index contributed by atoms with van der Waals surface area (Å²) < 4.78 is 0. The van der Waals surface area contributed by atoms with Crippen molar-refractivity contribution in [2.24, 2.45) is 0 Å². The Hall–Kier alpha value is -1.71. The van der Waals surface area contributed by atoms with E-state index >= 15 is 0 Å². The van der Waals surface area contributed by atoms with Gasteiger partial charge in [-0.3, -0.25) is 14.6 Å². The minimum absolute atomic E-state index is 0.0104. The van der Waals surface area contributed by atoms with Gasteiger partial charge in [-0.2, -0.15) is 0 Å². The summed E-state index contributed by atoms with van der Waals surface area (Å²) in [5, 5.41) is 0. The standard InChI is InChI=1S/C12H16N2O2/c1-10(15)8-12(16)14(2)7-5-11-4-3-6-13-9-11/h3-4,6,9H,5,7-8H2,1-2H3. The van der Waals surface area contributed by atoms with Crippen molar-refractivity contribution in [1.29, 1.82) is 0 Å². The van der Waals surface area contributed by atoms with Crippen molar-refractivity contribution in [3.63, 3.8) is 0 Å². The molecule has 0 radical (unpaired) electrons. The molecule has 1 aromatic rings. The highest BCUT2D eigenvalue weighted by molar-refractivity contribution is 5.96. The molecule has 4 heteroatoms. The van der Waals surface area contributed by atoms with Gasteiger partial charge in [-0.25, -0.2) is 0 Å². The van der Waals surface area contributed by atoms with Crippen LogP contribution in [0.25, 0.3) is 0 Å². The Balaban J connectivity index is 2.38. The van der Waals surface area contributed by atoms with Gasteiger partial charge in [-0.15, -0.1) is 0 Å². The van der Waals surface area contributed by atoms with Crippen LogP contribution in [0.1, 0.15) is 18.9 Å². The number of Topliss-reactive ketones (excluding diaryl/α,β-unsaturated/α-hetero) is 1. The smallest absolute Gasteiger partial charge is 0.229 e. The summed E-state index contributed by atoms with van der Waals surface area (Å²) >= 11 is 0. The normalized spacial score (nSPS) is 9.88. The molecule has 0 atom stereocenters. The van der Waals surface area contributed by atoms with E-state index in [1.165, 1.54) is 6.92 Å². The van der Waals surface area contributed by atoms with Crippen LogP contribution in [0.5, 0.6) is 0 Å². The number of amides is 1. The molecule has 0 spiro atoms. The van der Waals surface area contributed by atoms with Crippen LogP contribution < -0.4 is 0 Å². The van der Waals surface area contributed by atoms with E-state index in [1.54, 1.807) is 24.3 Å². The molecule has 0 N–H and O–H groups in total. The SMILES string of the molecule is CC(=O)CC(=O)N(C)CCc1cccnc1. The van der Waals surface area contributed by atoms with Gasteiger partial charge in [0.15, 0.2) is 0 Å². The first-order chi connectivity index (χ1) is 7.59. The monoisotopic (exact) mass is 220 g/mol. The summed E-state index contributed by atoms with van der Waals surface area (Å²) in [6, 6.07) is 3.84. The molecule has 0 unspecified atom stereocenters. The number of likely N-dealkylation sites (N-methyl/N-ethyl adjacent to an activating group) is 1. The lowest BCUT2D eigenvalue weighted by atomic mass is 10.2. The van der Waals surface area contributed by atoms with Crippen LogP contribution in [0.2, 0.25) is 0 Å². The van der Waals surface area contributed by atoms with Crippen molar-refractivity contribution in [2.45, 2.75) is 19.8 Å². The fourth-order valence-corrected chi connectivity index (χ4v) is 1.32. The fourth-order valence-electron chi connectivity index (χ4n) is 1.32. The highest BCUT2D eigenvalue weighted by Gasteiger charge is 2.10. The van der Waals surface area contributed by atoms with Crippen LogP contribution in [0.15, 0.2) is 24.5 Å². The van der Waals surface area contributed by atoms with E-state index in [0.717, 1.165) is 12.0 Å². The van der Waals surface area contributed by atoms with Crippen LogP contribution in [0.3, 0.4) is 0 Å². The number of carbonyl (C=O) groups excluding carboxylic acids is 2. The molecular formula is C12H16N2O2. The molecule has 1 rings (SSSR count). The molecule has 86 valence electrons. The maximum absolute atomic E-state index is 11.5. The Morgan fingerprint density at radius 3 is 2.75 bits per heavy atom. The average Bonchev–Trinajstić information content (AvgIpc) is 2.26. The molecule has 0 aliphatic heterocycles. The van der Waals surface area contributed by atoms with Crippen molar-refractivity contribution in [2.75, 3.05) is 13.6 Å². The molecule has 0 fully saturated rings. The molecule has 0 bridgehead atoms. The van der Waals surface area contributed by atoms with Gasteiger partial charge < -0.3 is 4.90 Å². The van der Waals surface area contributed by atoms with Crippen molar-refractivity contribution in [1.82, 2.24) is 9.88 Å². The van der Waals surface area contributed by atoms with Crippen molar-refractivity contribution >= 4 is 11.7 Å². The molecular weight excluding hydrogens is 204 g/mol. The summed E-state index contributed by atoms with van der Waals surface area (Å²) in [7, 11) is 1.71. The summed E-state index contributed by atoms with van der Waals surface area (Å²) in [5.41, 5.74) is 1.09. The van der Waals surface area contributed by atoms with Gasteiger partial charge in [-0.05, 0) is 25.0 Å². The lowest BCUT2D eigenvalue weighted by Crippen LogP contribution is -2.30. The van der Waals surface area contributed by atoms with E-state index in [-0.39, 0.29) is 18.1 Å². The van der Waals surface area contributed by atoms with Crippen LogP contribution in [-0.4, -0.2) is 35.2 Å². The topological polar surface area (TPSA) is 50.3 Å². The van der Waals surface area contributed by atoms with E-state index in [0.29, 0.717) is 6.54 Å². The van der Waals surface area contributed by atoms with E-state index in [9.17, 15) is 9.59 Å². The van der Waals surface area contributed by atoms with Gasteiger partial charge in [0.05, 0.1) is 6.42 Å². The Bertz CT molecular complexity index is 363. The van der Waals surface area contributed by atoms with Crippen molar-refractivity contribution in [3.05, 3.63) is 30.1 Å². The largest absolute Gasteiger partial charge is 0.345 e. The minimum Gasteiger partial charge on any atom is -0.345 e. The summed E-state index contributed by atoms with van der Waals surface area (Å²) in [6.07, 6.45) is 4.24. The molecule has 0 aromatic carbocycles. The van der Waals surface area contributed by atoms with E-state index in [1.807, 2.05) is 12.1 Å². The third kappa shape index (κ3) is 4.21. The minimum atomic E-state index is -0.128. The third-order valence-corrected chi connectivity index (χ3v) is 2.28. The molecule has 0 saturated carbocycles. The van der Waals surface area contributed by atoms with Crippen LogP contribution >= 0.6 is 0 Å². The van der Waals surface area contributed by atoms with Crippen LogP contribution in [-0.2, 0) is 16.0 Å². The number of carbonyl (C=O) groups is 2. The van der Waals surface area contributed by atoms with Crippen LogP contribution in [0.4, 0.5) is 0 Å². The molecule has 1 heterocycles. The summed E-state index contributed by atoms with van der Waals surface area (Å²) in [6.45, 7) is 2.03. The number of hydrogen-bond donors (Lipinski definition) is 0. The van der Waals surface area contributed by atoms with Crippen molar-refractivity contribution < 1.29 is 9.59 Å². The number of ketones is 1. The number of rotatable bonds is 5. The summed E-state index contributed by atoms with van der Waals surface area (Å²) in [5.74, 6) is -0.227. The number of hydrogen-bond acceptors (Lipinski definition) is 3. The maximum atomic E-state index is 11.5.